The first-order valence-electron chi connectivity index (χ1n) is 5.57. The standard InChI is InChI=1S/C11H18N4O2S/c1-6-18(16,17)11-9(3)12-7-10(13-11)8(2)14-15(4)5/h7H,6H2,1-5H3/b14-8+. The Hall–Kier alpha value is -1.50. The molecule has 18 heavy (non-hydrogen) atoms. The number of hydrazone groups is 1. The van der Waals surface area contributed by atoms with Crippen LogP contribution in [-0.2, 0) is 9.84 Å². The number of rotatable bonds is 4. The number of sulfone groups is 1. The molecule has 0 aliphatic carbocycles. The number of nitrogens with zero attached hydrogens (tertiary/aromatic N) is 4. The molecule has 0 saturated heterocycles. The number of hydrogen-bond donors (Lipinski definition) is 0. The van der Waals surface area contributed by atoms with Crippen molar-refractivity contribution in [3.8, 4) is 0 Å². The molecule has 0 atom stereocenters. The fraction of sp³-hybridized carbons (Fsp3) is 0.545. The zero-order chi connectivity index (χ0) is 13.9. The van der Waals surface area contributed by atoms with Crippen LogP contribution < -0.4 is 0 Å². The van der Waals surface area contributed by atoms with Crippen molar-refractivity contribution in [3.05, 3.63) is 17.6 Å². The average Bonchev–Trinajstić information content (AvgIpc) is 2.28. The van der Waals surface area contributed by atoms with Crippen LogP contribution in [-0.4, -0.2) is 49.0 Å². The predicted molar refractivity (Wildman–Crippen MR) is 70.4 cm³/mol. The summed E-state index contributed by atoms with van der Waals surface area (Å²) in [7, 11) is 0.217. The zero-order valence-corrected chi connectivity index (χ0v) is 12.1. The van der Waals surface area contributed by atoms with Crippen LogP contribution in [0.25, 0.3) is 0 Å². The Kier molecular flexibility index (Phi) is 4.39. The summed E-state index contributed by atoms with van der Waals surface area (Å²) in [6.45, 7) is 4.99. The number of aromatic nitrogens is 2. The van der Waals surface area contributed by atoms with Crippen LogP contribution in [0.3, 0.4) is 0 Å². The van der Waals surface area contributed by atoms with Gasteiger partial charge < -0.3 is 5.01 Å². The minimum absolute atomic E-state index is 0.00977. The summed E-state index contributed by atoms with van der Waals surface area (Å²) in [5.41, 5.74) is 1.51. The van der Waals surface area contributed by atoms with Gasteiger partial charge in [0.25, 0.3) is 0 Å². The maximum Gasteiger partial charge on any atom is 0.197 e. The zero-order valence-electron chi connectivity index (χ0n) is 11.3. The van der Waals surface area contributed by atoms with Crippen molar-refractivity contribution in [3.63, 3.8) is 0 Å². The highest BCUT2D eigenvalue weighted by molar-refractivity contribution is 7.91. The van der Waals surface area contributed by atoms with Crippen molar-refractivity contribution in [2.75, 3.05) is 19.8 Å². The fourth-order valence-corrected chi connectivity index (χ4v) is 2.40. The molecular weight excluding hydrogens is 252 g/mol. The second-order valence-electron chi connectivity index (χ2n) is 4.08. The Morgan fingerprint density at radius 3 is 2.56 bits per heavy atom. The highest BCUT2D eigenvalue weighted by Gasteiger charge is 2.18. The lowest BCUT2D eigenvalue weighted by atomic mass is 10.3. The van der Waals surface area contributed by atoms with E-state index in [2.05, 4.69) is 15.1 Å². The molecule has 1 aromatic heterocycles. The van der Waals surface area contributed by atoms with E-state index in [1.807, 2.05) is 0 Å². The molecule has 0 aromatic carbocycles. The molecule has 0 unspecified atom stereocenters. The Morgan fingerprint density at radius 1 is 1.44 bits per heavy atom. The minimum Gasteiger partial charge on any atom is -0.303 e. The molecule has 6 nitrogen and oxygen atoms in total. The van der Waals surface area contributed by atoms with Crippen LogP contribution in [0.4, 0.5) is 0 Å². The second-order valence-corrected chi connectivity index (χ2v) is 6.28. The first kappa shape index (κ1) is 14.6. The fourth-order valence-electron chi connectivity index (χ4n) is 1.39. The van der Waals surface area contributed by atoms with Gasteiger partial charge in [-0.3, -0.25) is 4.98 Å². The van der Waals surface area contributed by atoms with Gasteiger partial charge in [0, 0.05) is 14.1 Å². The molecule has 100 valence electrons. The maximum atomic E-state index is 11.9. The summed E-state index contributed by atoms with van der Waals surface area (Å²) >= 11 is 0. The maximum absolute atomic E-state index is 11.9. The largest absolute Gasteiger partial charge is 0.303 e. The second kappa shape index (κ2) is 5.43. The molecule has 1 aromatic rings. The first-order chi connectivity index (χ1) is 8.27. The van der Waals surface area contributed by atoms with Gasteiger partial charge in [0.05, 0.1) is 23.4 Å². The van der Waals surface area contributed by atoms with E-state index in [4.69, 9.17) is 0 Å². The van der Waals surface area contributed by atoms with Gasteiger partial charge in [0.1, 0.15) is 5.69 Å². The van der Waals surface area contributed by atoms with Crippen LogP contribution >= 0.6 is 0 Å². The molecule has 0 fully saturated rings. The lowest BCUT2D eigenvalue weighted by Crippen LogP contribution is -2.14. The highest BCUT2D eigenvalue weighted by atomic mass is 32.2. The Balaban J connectivity index is 3.34. The van der Waals surface area contributed by atoms with E-state index in [1.165, 1.54) is 6.20 Å². The molecule has 0 amide bonds. The molecule has 0 saturated carbocycles. The van der Waals surface area contributed by atoms with Crippen LogP contribution in [0.2, 0.25) is 0 Å². The topological polar surface area (TPSA) is 75.5 Å². The molecule has 0 spiro atoms. The van der Waals surface area contributed by atoms with E-state index in [0.717, 1.165) is 0 Å². The van der Waals surface area contributed by atoms with E-state index in [1.54, 1.807) is 39.9 Å². The average molecular weight is 270 g/mol. The van der Waals surface area contributed by atoms with Crippen molar-refractivity contribution in [1.82, 2.24) is 15.0 Å². The quantitative estimate of drug-likeness (QED) is 0.599. The van der Waals surface area contributed by atoms with Gasteiger partial charge in [-0.05, 0) is 13.8 Å². The van der Waals surface area contributed by atoms with Crippen LogP contribution in [0.15, 0.2) is 16.3 Å². The lowest BCUT2D eigenvalue weighted by molar-refractivity contribution is 0.437. The van der Waals surface area contributed by atoms with Crippen LogP contribution in [0.1, 0.15) is 25.2 Å². The van der Waals surface area contributed by atoms with E-state index >= 15 is 0 Å². The lowest BCUT2D eigenvalue weighted by Gasteiger charge is -2.09. The van der Waals surface area contributed by atoms with E-state index in [9.17, 15) is 8.42 Å². The van der Waals surface area contributed by atoms with E-state index in [0.29, 0.717) is 17.1 Å². The smallest absolute Gasteiger partial charge is 0.197 e. The first-order valence-corrected chi connectivity index (χ1v) is 7.22. The van der Waals surface area contributed by atoms with E-state index < -0.39 is 9.84 Å². The minimum atomic E-state index is -3.36. The third-order valence-electron chi connectivity index (χ3n) is 2.31. The summed E-state index contributed by atoms with van der Waals surface area (Å²) in [4.78, 5) is 8.24. The Morgan fingerprint density at radius 2 is 2.06 bits per heavy atom. The highest BCUT2D eigenvalue weighted by Crippen LogP contribution is 2.12. The van der Waals surface area contributed by atoms with Crippen LogP contribution in [0.5, 0.6) is 0 Å². The molecule has 0 bridgehead atoms. The molecule has 7 heteroatoms. The molecular formula is C11H18N4O2S. The van der Waals surface area contributed by atoms with Gasteiger partial charge in [-0.2, -0.15) is 5.10 Å². The SMILES string of the molecule is CCS(=O)(=O)c1nc(/C(C)=N/N(C)C)cnc1C. The van der Waals surface area contributed by atoms with Gasteiger partial charge in [0.15, 0.2) is 14.9 Å². The van der Waals surface area contributed by atoms with Gasteiger partial charge in [-0.25, -0.2) is 13.4 Å². The molecule has 0 radical (unpaired) electrons. The molecule has 0 aliphatic rings. The Labute approximate surface area is 108 Å². The predicted octanol–water partition coefficient (Wildman–Crippen LogP) is 0.864. The van der Waals surface area contributed by atoms with Gasteiger partial charge in [-0.15, -0.1) is 0 Å². The molecule has 1 heterocycles. The normalized spacial score (nSPS) is 12.6. The van der Waals surface area contributed by atoms with Crippen molar-refractivity contribution < 1.29 is 8.42 Å². The van der Waals surface area contributed by atoms with Crippen molar-refractivity contribution in [1.29, 1.82) is 0 Å². The third kappa shape index (κ3) is 3.25. The van der Waals surface area contributed by atoms with Gasteiger partial charge in [0.2, 0.25) is 0 Å². The van der Waals surface area contributed by atoms with E-state index in [-0.39, 0.29) is 10.8 Å². The summed E-state index contributed by atoms with van der Waals surface area (Å²) in [5, 5.41) is 5.85. The summed E-state index contributed by atoms with van der Waals surface area (Å²) in [6.07, 6.45) is 1.53. The number of hydrogen-bond acceptors (Lipinski definition) is 6. The molecule has 0 N–H and O–H groups in total. The van der Waals surface area contributed by atoms with Gasteiger partial charge >= 0.3 is 0 Å². The number of aryl methyl sites for hydroxylation is 1. The molecule has 0 aliphatic heterocycles. The summed E-state index contributed by atoms with van der Waals surface area (Å²) in [6, 6.07) is 0. The third-order valence-corrected chi connectivity index (χ3v) is 4.04. The molecule has 1 rings (SSSR count). The van der Waals surface area contributed by atoms with Crippen LogP contribution in [0, 0.1) is 6.92 Å². The van der Waals surface area contributed by atoms with Crippen molar-refractivity contribution in [2.45, 2.75) is 25.8 Å². The monoisotopic (exact) mass is 270 g/mol. The Bertz CT molecular complexity index is 564. The van der Waals surface area contributed by atoms with Gasteiger partial charge in [-0.1, -0.05) is 6.92 Å². The summed E-state index contributed by atoms with van der Waals surface area (Å²) in [5.74, 6) is 0.00977. The summed E-state index contributed by atoms with van der Waals surface area (Å²) < 4.78 is 23.7. The van der Waals surface area contributed by atoms with Crippen molar-refractivity contribution in [2.24, 2.45) is 5.10 Å². The van der Waals surface area contributed by atoms with Crippen molar-refractivity contribution >= 4 is 15.5 Å².